The van der Waals surface area contributed by atoms with E-state index in [0.29, 0.717) is 36.2 Å². The fraction of sp³-hybridized carbons (Fsp3) is 0.255. The minimum Gasteiger partial charge on any atom is -0.471 e. The minimum atomic E-state index is -4.02. The highest BCUT2D eigenvalue weighted by molar-refractivity contribution is 7.93. The first-order valence-electron chi connectivity index (χ1n) is 22.3. The molecule has 0 fully saturated rings. The van der Waals surface area contributed by atoms with Crippen molar-refractivity contribution in [1.82, 2.24) is 9.97 Å². The monoisotopic (exact) mass is 1100 g/mol. The van der Waals surface area contributed by atoms with E-state index >= 15 is 0 Å². The van der Waals surface area contributed by atoms with E-state index in [2.05, 4.69) is 9.97 Å². The van der Waals surface area contributed by atoms with Crippen LogP contribution in [0.3, 0.4) is 0 Å². The Bertz CT molecular complexity index is 3270. The number of nitrogens with two attached hydrogens (primary N) is 1. The Morgan fingerprint density at radius 1 is 0.658 bits per heavy atom. The van der Waals surface area contributed by atoms with E-state index < -0.39 is 54.9 Å². The van der Waals surface area contributed by atoms with Crippen LogP contribution >= 0.6 is 34.8 Å². The first-order valence-corrected chi connectivity index (χ1v) is 26.3. The lowest BCUT2D eigenvalue weighted by atomic mass is 10.0. The largest absolute Gasteiger partial charge is 0.471 e. The maximum absolute atomic E-state index is 14.2. The van der Waals surface area contributed by atoms with E-state index in [4.69, 9.17) is 50.0 Å². The summed E-state index contributed by atoms with van der Waals surface area (Å²) in [6.07, 6.45) is 2.80. The molecule has 2 aromatic heterocycles. The standard InChI is InChI=1S/C26H24ClFN2O5S.C18H21N3O4S.C7H3Cl2FO/c1-16-5-3-6-20(11-16)36(33,34)30-15-19(10-9-17(2)31)35-26-23(30)12-18(14-29-26)13-24(32)25-21(27)7-4-8-22(25)28;1-12-4-3-5-16(8-12)26(23,24)21-11-15(7-6-13(2)22)25-18-17(21)9-14(19)10-20-18;8-4-2-1-3-5(10)6(4)7(9)11/h3-8,11-12,14,19H,9-10,13,15H2,1-2H3;3-5,8-10,15H,6-7,11,19H2,1-2H3;1-3H/t19-;15-;/m00./s1. The number of carbonyl (C=O) groups excluding carboxylic acids is 4. The van der Waals surface area contributed by atoms with E-state index in [1.54, 1.807) is 43.3 Å². The number of anilines is 3. The SMILES string of the molecule is CC(=O)CC[C@H]1CN(S(=O)(=O)c2cccc(C)c2)c2cc(CC(=O)c3c(F)cccc3Cl)cnc2O1.CC(=O)CC[C@H]1CN(S(=O)(=O)c2cccc(C)c2)c2cc(N)cnc2O1.O=C(Cl)c1c(F)cccc1Cl. The zero-order valence-electron chi connectivity index (χ0n) is 39.7. The number of rotatable bonds is 14. The van der Waals surface area contributed by atoms with Gasteiger partial charge in [0.25, 0.3) is 25.3 Å². The normalized spacial score (nSPS) is 14.9. The summed E-state index contributed by atoms with van der Waals surface area (Å²) in [5, 5.41) is -0.857. The highest BCUT2D eigenvalue weighted by Gasteiger charge is 2.37. The second-order valence-electron chi connectivity index (χ2n) is 17.0. The van der Waals surface area contributed by atoms with Gasteiger partial charge in [0.1, 0.15) is 46.8 Å². The third-order valence-corrected chi connectivity index (χ3v) is 15.5. The molecular weight excluding hydrogens is 1050 g/mol. The molecular formula is C51H48Cl3F2N5O10S2. The third-order valence-electron chi connectivity index (χ3n) is 11.1. The molecule has 0 bridgehead atoms. The third kappa shape index (κ3) is 14.0. The van der Waals surface area contributed by atoms with Crippen LogP contribution in [0.5, 0.6) is 11.8 Å². The number of fused-ring (bicyclic) bond motifs is 2. The van der Waals surface area contributed by atoms with Gasteiger partial charge in [-0.25, -0.2) is 35.6 Å². The number of ether oxygens (including phenoxy) is 2. The van der Waals surface area contributed by atoms with Crippen LogP contribution < -0.4 is 23.8 Å². The van der Waals surface area contributed by atoms with Crippen LogP contribution in [0.1, 0.15) is 76.9 Å². The van der Waals surface area contributed by atoms with Crippen LogP contribution in [-0.2, 0) is 36.1 Å². The number of aryl methyl sites for hydroxylation is 2. The number of sulfonamides is 2. The Hall–Kier alpha value is -6.51. The van der Waals surface area contributed by atoms with Crippen molar-refractivity contribution >= 4 is 94.5 Å². The first-order chi connectivity index (χ1) is 34.5. The summed E-state index contributed by atoms with van der Waals surface area (Å²) in [5.41, 5.74) is 8.11. The average Bonchev–Trinajstić information content (AvgIpc) is 3.32. The van der Waals surface area contributed by atoms with Crippen LogP contribution in [0.2, 0.25) is 10.0 Å². The molecule has 2 aliphatic heterocycles. The molecule has 6 aromatic rings. The molecule has 0 spiro atoms. The first kappa shape index (κ1) is 55.8. The molecule has 4 aromatic carbocycles. The van der Waals surface area contributed by atoms with Gasteiger partial charge in [-0.05, 0) is 129 Å². The molecule has 73 heavy (non-hydrogen) atoms. The molecule has 8 rings (SSSR count). The summed E-state index contributed by atoms with van der Waals surface area (Å²) in [4.78, 5) is 54.8. The van der Waals surface area contributed by atoms with E-state index in [-0.39, 0.29) is 85.9 Å². The van der Waals surface area contributed by atoms with Crippen molar-refractivity contribution in [3.05, 3.63) is 159 Å². The molecule has 384 valence electrons. The Kier molecular flexibility index (Phi) is 18.4. The lowest BCUT2D eigenvalue weighted by molar-refractivity contribution is -0.118. The topological polar surface area (TPSA) is 213 Å². The number of aromatic nitrogens is 2. The second-order valence-corrected chi connectivity index (χ2v) is 21.9. The van der Waals surface area contributed by atoms with Crippen molar-refractivity contribution in [3.63, 3.8) is 0 Å². The van der Waals surface area contributed by atoms with E-state index in [1.165, 1.54) is 77.3 Å². The molecule has 2 N–H and O–H groups in total. The quantitative estimate of drug-likeness (QED) is 0.0795. The summed E-state index contributed by atoms with van der Waals surface area (Å²) in [6, 6.07) is 24.2. The Morgan fingerprint density at radius 2 is 1.10 bits per heavy atom. The molecule has 0 unspecified atom stereocenters. The highest BCUT2D eigenvalue weighted by atomic mass is 35.5. The Balaban J connectivity index is 0.000000204. The van der Waals surface area contributed by atoms with Gasteiger partial charge in [0.2, 0.25) is 11.8 Å². The summed E-state index contributed by atoms with van der Waals surface area (Å²) >= 11 is 16.6. The summed E-state index contributed by atoms with van der Waals surface area (Å²) in [5.74, 6) is -1.73. The number of hydrogen-bond acceptors (Lipinski definition) is 13. The van der Waals surface area contributed by atoms with Gasteiger partial charge in [0.15, 0.2) is 5.78 Å². The van der Waals surface area contributed by atoms with Gasteiger partial charge in [-0.3, -0.25) is 18.2 Å². The fourth-order valence-corrected chi connectivity index (χ4v) is 11.5. The smallest absolute Gasteiger partial charge is 0.264 e. The maximum atomic E-state index is 14.2. The fourth-order valence-electron chi connectivity index (χ4n) is 7.54. The van der Waals surface area contributed by atoms with Crippen LogP contribution in [0.25, 0.3) is 0 Å². The summed E-state index contributed by atoms with van der Waals surface area (Å²) < 4.78 is 94.9. The van der Waals surface area contributed by atoms with Gasteiger partial charge in [-0.2, -0.15) is 0 Å². The van der Waals surface area contributed by atoms with Gasteiger partial charge in [0, 0.05) is 25.5 Å². The number of halogens is 5. The minimum absolute atomic E-state index is 0.00813. The van der Waals surface area contributed by atoms with Gasteiger partial charge >= 0.3 is 0 Å². The highest BCUT2D eigenvalue weighted by Crippen LogP contribution is 2.39. The Morgan fingerprint density at radius 3 is 1.52 bits per heavy atom. The van der Waals surface area contributed by atoms with Gasteiger partial charge < -0.3 is 24.8 Å². The number of nitrogens with zero attached hydrogens (tertiary/aromatic N) is 4. The van der Waals surface area contributed by atoms with Crippen molar-refractivity contribution in [2.45, 2.75) is 81.8 Å². The van der Waals surface area contributed by atoms with Crippen LogP contribution in [0, 0.1) is 25.5 Å². The number of ketones is 3. The molecule has 0 saturated heterocycles. The van der Waals surface area contributed by atoms with Crippen LogP contribution in [0.15, 0.2) is 119 Å². The van der Waals surface area contributed by atoms with Gasteiger partial charge in [-0.1, -0.05) is 59.6 Å². The van der Waals surface area contributed by atoms with Crippen LogP contribution in [0.4, 0.5) is 25.8 Å². The predicted molar refractivity (Wildman–Crippen MR) is 274 cm³/mol. The molecule has 0 saturated carbocycles. The van der Waals surface area contributed by atoms with E-state index in [0.717, 1.165) is 23.3 Å². The maximum Gasteiger partial charge on any atom is 0.264 e. The number of benzene rings is 4. The summed E-state index contributed by atoms with van der Waals surface area (Å²) in [6.45, 7) is 6.65. The zero-order chi connectivity index (χ0) is 53.4. The molecule has 0 amide bonds. The lowest BCUT2D eigenvalue weighted by Crippen LogP contribution is -2.44. The number of hydrogen-bond donors (Lipinski definition) is 1. The molecule has 4 heterocycles. The van der Waals surface area contributed by atoms with Crippen molar-refractivity contribution in [2.75, 3.05) is 27.4 Å². The van der Waals surface area contributed by atoms with E-state index in [9.17, 15) is 44.8 Å². The van der Waals surface area contributed by atoms with E-state index in [1.807, 2.05) is 13.0 Å². The number of carbonyl (C=O) groups is 4. The molecule has 22 heteroatoms. The molecule has 2 aliphatic rings. The van der Waals surface area contributed by atoms with Crippen molar-refractivity contribution in [1.29, 1.82) is 0 Å². The molecule has 15 nitrogen and oxygen atoms in total. The lowest BCUT2D eigenvalue weighted by Gasteiger charge is -2.35. The van der Waals surface area contributed by atoms with Gasteiger partial charge in [0.05, 0.1) is 55.9 Å². The predicted octanol–water partition coefficient (Wildman–Crippen LogP) is 10.1. The zero-order valence-corrected chi connectivity index (χ0v) is 43.6. The molecule has 0 aliphatic carbocycles. The summed E-state index contributed by atoms with van der Waals surface area (Å²) in [7, 11) is -7.83. The van der Waals surface area contributed by atoms with Crippen LogP contribution in [-0.4, -0.2) is 74.7 Å². The average molecular weight is 1100 g/mol. The van der Waals surface area contributed by atoms with Crippen molar-refractivity contribution in [3.8, 4) is 11.8 Å². The molecule has 0 radical (unpaired) electrons. The number of nitrogen functional groups attached to an aromatic ring is 1. The Labute approximate surface area is 436 Å². The van der Waals surface area contributed by atoms with Crippen molar-refractivity contribution < 1.29 is 54.3 Å². The van der Waals surface area contributed by atoms with Crippen molar-refractivity contribution in [2.24, 2.45) is 0 Å². The van der Waals surface area contributed by atoms with Gasteiger partial charge in [-0.15, -0.1) is 0 Å². The second kappa shape index (κ2) is 24.0. The molecule has 2 atom stereocenters. The number of Topliss-reactive ketones (excluding diaryl/α,β-unsaturated/α-hetero) is 3. The number of pyridine rings is 2.